The van der Waals surface area contributed by atoms with Crippen LogP contribution >= 0.6 is 0 Å². The number of piperazine rings is 1. The van der Waals surface area contributed by atoms with E-state index in [1.54, 1.807) is 6.92 Å². The van der Waals surface area contributed by atoms with Crippen molar-refractivity contribution < 1.29 is 9.53 Å². The summed E-state index contributed by atoms with van der Waals surface area (Å²) in [5.41, 5.74) is 3.50. The van der Waals surface area contributed by atoms with Gasteiger partial charge < -0.3 is 9.64 Å². The van der Waals surface area contributed by atoms with E-state index in [-0.39, 0.29) is 5.91 Å². The molecule has 1 amide bonds. The summed E-state index contributed by atoms with van der Waals surface area (Å²) in [6, 6.07) is 11.2. The van der Waals surface area contributed by atoms with E-state index in [0.717, 1.165) is 64.5 Å². The molecule has 2 aliphatic heterocycles. The number of nitrogens with zero attached hydrogens (tertiary/aromatic N) is 4. The number of rotatable bonds is 4. The van der Waals surface area contributed by atoms with Gasteiger partial charge in [-0.15, -0.1) is 0 Å². The van der Waals surface area contributed by atoms with Gasteiger partial charge >= 0.3 is 0 Å². The fourth-order valence-corrected chi connectivity index (χ4v) is 3.95. The number of hydrogen-bond donors (Lipinski definition) is 0. The molecule has 4 rings (SSSR count). The quantitative estimate of drug-likeness (QED) is 0.832. The molecule has 6 heteroatoms. The van der Waals surface area contributed by atoms with Crippen LogP contribution in [0.3, 0.4) is 0 Å². The van der Waals surface area contributed by atoms with E-state index in [4.69, 9.17) is 9.84 Å². The minimum absolute atomic E-state index is 0.178. The van der Waals surface area contributed by atoms with Crippen molar-refractivity contribution in [2.45, 2.75) is 32.4 Å². The van der Waals surface area contributed by atoms with Crippen molar-refractivity contribution in [2.75, 3.05) is 39.4 Å². The van der Waals surface area contributed by atoms with E-state index in [0.29, 0.717) is 6.04 Å². The van der Waals surface area contributed by atoms with Gasteiger partial charge in [-0.25, -0.2) is 0 Å². The molecule has 2 saturated heterocycles. The zero-order valence-corrected chi connectivity index (χ0v) is 16.0. The first-order valence-electron chi connectivity index (χ1n) is 9.89. The molecule has 144 valence electrons. The molecule has 2 aliphatic rings. The van der Waals surface area contributed by atoms with Crippen LogP contribution in [0.15, 0.2) is 36.5 Å². The summed E-state index contributed by atoms with van der Waals surface area (Å²) < 4.78 is 7.56. The third-order valence-corrected chi connectivity index (χ3v) is 5.62. The Labute approximate surface area is 160 Å². The highest BCUT2D eigenvalue weighted by molar-refractivity contribution is 5.73. The van der Waals surface area contributed by atoms with E-state index in [1.807, 2.05) is 4.90 Å². The number of ether oxygens (including phenoxy) is 1. The lowest BCUT2D eigenvalue weighted by atomic mass is 10.1. The van der Waals surface area contributed by atoms with E-state index < -0.39 is 0 Å². The van der Waals surface area contributed by atoms with Crippen molar-refractivity contribution in [3.63, 3.8) is 0 Å². The highest BCUT2D eigenvalue weighted by Gasteiger charge is 2.19. The molecule has 0 unspecified atom stereocenters. The maximum atomic E-state index is 11.5. The Kier molecular flexibility index (Phi) is 5.55. The van der Waals surface area contributed by atoms with Gasteiger partial charge in [-0.3, -0.25) is 14.4 Å². The molecule has 0 spiro atoms. The molecular weight excluding hydrogens is 340 g/mol. The Morgan fingerprint density at radius 2 is 1.93 bits per heavy atom. The van der Waals surface area contributed by atoms with Crippen LogP contribution < -0.4 is 0 Å². The summed E-state index contributed by atoms with van der Waals surface area (Å²) in [6.45, 7) is 7.73. The third-order valence-electron chi connectivity index (χ3n) is 5.62. The predicted octanol–water partition coefficient (Wildman–Crippen LogP) is 2.57. The van der Waals surface area contributed by atoms with Crippen molar-refractivity contribution in [1.29, 1.82) is 0 Å². The normalized spacial score (nSPS) is 19.4. The molecule has 6 nitrogen and oxygen atoms in total. The summed E-state index contributed by atoms with van der Waals surface area (Å²) in [5, 5.41) is 4.82. The first-order valence-corrected chi connectivity index (χ1v) is 9.89. The molecule has 0 atom stereocenters. The average Bonchev–Trinajstić information content (AvgIpc) is 3.20. The molecule has 27 heavy (non-hydrogen) atoms. The average molecular weight is 368 g/mol. The van der Waals surface area contributed by atoms with Crippen LogP contribution in [0, 0.1) is 0 Å². The van der Waals surface area contributed by atoms with E-state index in [9.17, 15) is 4.79 Å². The summed E-state index contributed by atoms with van der Waals surface area (Å²) in [7, 11) is 0. The predicted molar refractivity (Wildman–Crippen MR) is 104 cm³/mol. The van der Waals surface area contributed by atoms with Crippen LogP contribution in [-0.4, -0.2) is 64.9 Å². The molecule has 0 radical (unpaired) electrons. The summed E-state index contributed by atoms with van der Waals surface area (Å²) in [6.07, 6.45) is 4.17. The smallest absolute Gasteiger partial charge is 0.219 e. The Morgan fingerprint density at radius 1 is 1.15 bits per heavy atom. The maximum absolute atomic E-state index is 11.5. The molecular formula is C21H28N4O2. The lowest BCUT2D eigenvalue weighted by molar-refractivity contribution is -0.130. The van der Waals surface area contributed by atoms with Gasteiger partial charge in [-0.2, -0.15) is 5.10 Å². The Balaban J connectivity index is 1.41. The van der Waals surface area contributed by atoms with Crippen molar-refractivity contribution in [3.8, 4) is 11.3 Å². The summed E-state index contributed by atoms with van der Waals surface area (Å²) in [5.74, 6) is 0.178. The number of aromatic nitrogens is 2. The first kappa shape index (κ1) is 18.2. The molecule has 0 N–H and O–H groups in total. The van der Waals surface area contributed by atoms with Crippen LogP contribution in [0.25, 0.3) is 11.3 Å². The van der Waals surface area contributed by atoms with Crippen molar-refractivity contribution in [3.05, 3.63) is 42.1 Å². The zero-order chi connectivity index (χ0) is 18.6. The molecule has 1 aromatic carbocycles. The standard InChI is InChI=1S/C21H28N4O2/c1-17(26)24-11-9-23(10-12-24)16-18-3-2-4-19(15-18)21-5-8-25(22-21)20-6-13-27-14-7-20/h2-5,8,15,20H,6-7,9-14,16H2,1H3. The van der Waals surface area contributed by atoms with Crippen LogP contribution in [-0.2, 0) is 16.1 Å². The topological polar surface area (TPSA) is 50.6 Å². The van der Waals surface area contributed by atoms with Crippen LogP contribution in [0.5, 0.6) is 0 Å². The second-order valence-corrected chi connectivity index (χ2v) is 7.51. The molecule has 1 aromatic heterocycles. The fourth-order valence-electron chi connectivity index (χ4n) is 3.95. The molecule has 0 saturated carbocycles. The zero-order valence-electron chi connectivity index (χ0n) is 16.0. The third kappa shape index (κ3) is 4.39. The van der Waals surface area contributed by atoms with Gasteiger partial charge in [0.1, 0.15) is 0 Å². The van der Waals surface area contributed by atoms with E-state index in [2.05, 4.69) is 46.1 Å². The number of hydrogen-bond acceptors (Lipinski definition) is 4. The van der Waals surface area contributed by atoms with Gasteiger partial charge in [-0.05, 0) is 30.5 Å². The summed E-state index contributed by atoms with van der Waals surface area (Å²) in [4.78, 5) is 15.8. The Bertz CT molecular complexity index is 774. The number of amides is 1. The minimum atomic E-state index is 0.178. The van der Waals surface area contributed by atoms with Gasteiger partial charge in [0.2, 0.25) is 5.91 Å². The van der Waals surface area contributed by atoms with E-state index in [1.165, 1.54) is 11.1 Å². The highest BCUT2D eigenvalue weighted by Crippen LogP contribution is 2.24. The van der Waals surface area contributed by atoms with Gasteiger partial charge in [0, 0.05) is 64.6 Å². The van der Waals surface area contributed by atoms with Crippen LogP contribution in [0.2, 0.25) is 0 Å². The molecule has 0 aliphatic carbocycles. The Morgan fingerprint density at radius 3 is 2.67 bits per heavy atom. The number of carbonyl (C=O) groups excluding carboxylic acids is 1. The summed E-state index contributed by atoms with van der Waals surface area (Å²) >= 11 is 0. The van der Waals surface area contributed by atoms with Crippen molar-refractivity contribution >= 4 is 5.91 Å². The number of benzene rings is 1. The van der Waals surface area contributed by atoms with Gasteiger partial charge in [0.25, 0.3) is 0 Å². The first-order chi connectivity index (χ1) is 13.2. The van der Waals surface area contributed by atoms with E-state index >= 15 is 0 Å². The molecule has 2 fully saturated rings. The highest BCUT2D eigenvalue weighted by atomic mass is 16.5. The second-order valence-electron chi connectivity index (χ2n) is 7.51. The monoisotopic (exact) mass is 368 g/mol. The fraction of sp³-hybridized carbons (Fsp3) is 0.524. The maximum Gasteiger partial charge on any atom is 0.219 e. The number of carbonyl (C=O) groups is 1. The van der Waals surface area contributed by atoms with Gasteiger partial charge in [0.05, 0.1) is 11.7 Å². The molecule has 3 heterocycles. The van der Waals surface area contributed by atoms with Crippen molar-refractivity contribution in [1.82, 2.24) is 19.6 Å². The van der Waals surface area contributed by atoms with Crippen molar-refractivity contribution in [2.24, 2.45) is 0 Å². The minimum Gasteiger partial charge on any atom is -0.381 e. The lowest BCUT2D eigenvalue weighted by Crippen LogP contribution is -2.47. The largest absolute Gasteiger partial charge is 0.381 e. The van der Waals surface area contributed by atoms with Crippen LogP contribution in [0.4, 0.5) is 0 Å². The SMILES string of the molecule is CC(=O)N1CCN(Cc2cccc(-c3ccn(C4CCOCC4)n3)c2)CC1. The lowest BCUT2D eigenvalue weighted by Gasteiger charge is -2.34. The molecule has 2 aromatic rings. The van der Waals surface area contributed by atoms with Gasteiger partial charge in [-0.1, -0.05) is 18.2 Å². The second kappa shape index (κ2) is 8.23. The van der Waals surface area contributed by atoms with Crippen LogP contribution in [0.1, 0.15) is 31.4 Å². The molecule has 0 bridgehead atoms. The Hall–Kier alpha value is -2.18. The van der Waals surface area contributed by atoms with Gasteiger partial charge in [0.15, 0.2) is 0 Å².